The summed E-state index contributed by atoms with van der Waals surface area (Å²) in [7, 11) is 0. The summed E-state index contributed by atoms with van der Waals surface area (Å²) in [5.74, 6) is 0.942. The van der Waals surface area contributed by atoms with Crippen molar-refractivity contribution in [2.45, 2.75) is 27.3 Å². The SMILES string of the molecule is Cc1ccsc1-c1nccn1-c1c(C)nn(CCO)c1C. The van der Waals surface area contributed by atoms with Gasteiger partial charge in [0.25, 0.3) is 0 Å². The van der Waals surface area contributed by atoms with Gasteiger partial charge < -0.3 is 5.11 Å². The Morgan fingerprint density at radius 3 is 2.76 bits per heavy atom. The maximum absolute atomic E-state index is 9.14. The topological polar surface area (TPSA) is 55.9 Å². The maximum Gasteiger partial charge on any atom is 0.154 e. The summed E-state index contributed by atoms with van der Waals surface area (Å²) in [5.41, 5.74) is 4.25. The summed E-state index contributed by atoms with van der Waals surface area (Å²) in [6, 6.07) is 2.11. The predicted molar refractivity (Wildman–Crippen MR) is 84.0 cm³/mol. The number of imidazole rings is 1. The molecule has 5 nitrogen and oxygen atoms in total. The Hall–Kier alpha value is -1.92. The van der Waals surface area contributed by atoms with Crippen LogP contribution in [-0.4, -0.2) is 31.0 Å². The summed E-state index contributed by atoms with van der Waals surface area (Å²) in [4.78, 5) is 5.70. The summed E-state index contributed by atoms with van der Waals surface area (Å²) >= 11 is 1.69. The molecule has 3 aromatic heterocycles. The molecule has 0 radical (unpaired) electrons. The van der Waals surface area contributed by atoms with Crippen molar-refractivity contribution in [3.05, 3.63) is 40.8 Å². The van der Waals surface area contributed by atoms with Crippen LogP contribution in [0, 0.1) is 20.8 Å². The van der Waals surface area contributed by atoms with Crippen molar-refractivity contribution in [3.63, 3.8) is 0 Å². The predicted octanol–water partition coefficient (Wildman–Crippen LogP) is 2.71. The van der Waals surface area contributed by atoms with Gasteiger partial charge in [-0.15, -0.1) is 11.3 Å². The molecular weight excluding hydrogens is 284 g/mol. The standard InChI is InChI=1S/C15H18N4OS/c1-10-4-9-21-14(10)15-16-5-6-18(15)13-11(2)17-19(7-8-20)12(13)3/h4-6,9,20H,7-8H2,1-3H3. The number of nitrogens with zero attached hydrogens (tertiary/aromatic N) is 4. The molecule has 3 aromatic rings. The first kappa shape index (κ1) is 14.0. The third-order valence-electron chi connectivity index (χ3n) is 3.60. The third-order valence-corrected chi connectivity index (χ3v) is 4.61. The van der Waals surface area contributed by atoms with E-state index in [4.69, 9.17) is 5.11 Å². The van der Waals surface area contributed by atoms with E-state index in [-0.39, 0.29) is 6.61 Å². The lowest BCUT2D eigenvalue weighted by atomic mass is 10.2. The largest absolute Gasteiger partial charge is 0.394 e. The molecule has 0 bridgehead atoms. The highest BCUT2D eigenvalue weighted by atomic mass is 32.1. The fourth-order valence-electron chi connectivity index (χ4n) is 2.60. The Kier molecular flexibility index (Phi) is 3.65. The summed E-state index contributed by atoms with van der Waals surface area (Å²) in [5, 5.41) is 15.7. The van der Waals surface area contributed by atoms with Gasteiger partial charge in [0.15, 0.2) is 5.82 Å². The van der Waals surface area contributed by atoms with E-state index in [0.29, 0.717) is 6.54 Å². The highest BCUT2D eigenvalue weighted by Crippen LogP contribution is 2.31. The van der Waals surface area contributed by atoms with E-state index in [1.807, 2.05) is 30.9 Å². The molecule has 0 spiro atoms. The normalized spacial score (nSPS) is 11.2. The molecular formula is C15H18N4OS. The third kappa shape index (κ3) is 2.30. The van der Waals surface area contributed by atoms with Crippen LogP contribution in [0.2, 0.25) is 0 Å². The number of rotatable bonds is 4. The molecule has 1 N–H and O–H groups in total. The Morgan fingerprint density at radius 2 is 2.10 bits per heavy atom. The van der Waals surface area contributed by atoms with Crippen molar-refractivity contribution in [3.8, 4) is 16.4 Å². The van der Waals surface area contributed by atoms with Crippen molar-refractivity contribution in [1.82, 2.24) is 19.3 Å². The average Bonchev–Trinajstić information content (AvgIpc) is 3.12. The maximum atomic E-state index is 9.14. The van der Waals surface area contributed by atoms with Crippen LogP contribution < -0.4 is 0 Å². The van der Waals surface area contributed by atoms with Gasteiger partial charge in [0.1, 0.15) is 0 Å². The van der Waals surface area contributed by atoms with E-state index in [1.165, 1.54) is 10.4 Å². The molecule has 3 heterocycles. The van der Waals surface area contributed by atoms with Crippen molar-refractivity contribution >= 4 is 11.3 Å². The first-order chi connectivity index (χ1) is 10.1. The number of hydrogen-bond donors (Lipinski definition) is 1. The minimum atomic E-state index is 0.0855. The molecule has 6 heteroatoms. The lowest BCUT2D eigenvalue weighted by Gasteiger charge is -2.08. The first-order valence-electron chi connectivity index (χ1n) is 6.86. The zero-order valence-electron chi connectivity index (χ0n) is 12.4. The van der Waals surface area contributed by atoms with Crippen LogP contribution in [0.25, 0.3) is 16.4 Å². The highest BCUT2D eigenvalue weighted by Gasteiger charge is 2.18. The van der Waals surface area contributed by atoms with Crippen LogP contribution in [0.15, 0.2) is 23.8 Å². The fraction of sp³-hybridized carbons (Fsp3) is 0.333. The lowest BCUT2D eigenvalue weighted by Crippen LogP contribution is -2.06. The second-order valence-electron chi connectivity index (χ2n) is 5.02. The van der Waals surface area contributed by atoms with E-state index in [1.54, 1.807) is 11.3 Å². The van der Waals surface area contributed by atoms with Gasteiger partial charge in [0.05, 0.1) is 35.1 Å². The molecule has 0 aliphatic rings. The van der Waals surface area contributed by atoms with Crippen molar-refractivity contribution in [1.29, 1.82) is 0 Å². The summed E-state index contributed by atoms with van der Waals surface area (Å²) in [6.45, 7) is 6.70. The van der Waals surface area contributed by atoms with E-state index >= 15 is 0 Å². The minimum Gasteiger partial charge on any atom is -0.394 e. The molecule has 0 fully saturated rings. The number of aryl methyl sites for hydroxylation is 2. The molecule has 0 saturated carbocycles. The van der Waals surface area contributed by atoms with Gasteiger partial charge in [-0.05, 0) is 37.8 Å². The molecule has 0 atom stereocenters. The molecule has 0 amide bonds. The van der Waals surface area contributed by atoms with Crippen molar-refractivity contribution in [2.24, 2.45) is 0 Å². The Bertz CT molecular complexity index is 769. The lowest BCUT2D eigenvalue weighted by molar-refractivity contribution is 0.268. The number of aromatic nitrogens is 4. The smallest absolute Gasteiger partial charge is 0.154 e. The average molecular weight is 302 g/mol. The van der Waals surface area contributed by atoms with Crippen LogP contribution in [-0.2, 0) is 6.54 Å². The van der Waals surface area contributed by atoms with Crippen molar-refractivity contribution in [2.75, 3.05) is 6.61 Å². The summed E-state index contributed by atoms with van der Waals surface area (Å²) < 4.78 is 3.93. The van der Waals surface area contributed by atoms with Gasteiger partial charge in [0, 0.05) is 12.4 Å². The Balaban J connectivity index is 2.15. The molecule has 0 saturated heterocycles. The quantitative estimate of drug-likeness (QED) is 0.806. The molecule has 0 aromatic carbocycles. The van der Waals surface area contributed by atoms with Crippen LogP contribution in [0.3, 0.4) is 0 Å². The Labute approximate surface area is 127 Å². The van der Waals surface area contributed by atoms with Crippen LogP contribution in [0.1, 0.15) is 17.0 Å². The molecule has 0 unspecified atom stereocenters. The second-order valence-corrected chi connectivity index (χ2v) is 5.94. The Morgan fingerprint density at radius 1 is 1.29 bits per heavy atom. The molecule has 3 rings (SSSR count). The molecule has 110 valence electrons. The monoisotopic (exact) mass is 302 g/mol. The van der Waals surface area contributed by atoms with E-state index in [9.17, 15) is 0 Å². The van der Waals surface area contributed by atoms with E-state index in [2.05, 4.69) is 33.0 Å². The number of aliphatic hydroxyl groups excluding tert-OH is 1. The number of hydrogen-bond acceptors (Lipinski definition) is 4. The molecule has 0 aliphatic carbocycles. The van der Waals surface area contributed by atoms with Gasteiger partial charge in [-0.2, -0.15) is 5.10 Å². The second kappa shape index (κ2) is 5.46. The molecule has 21 heavy (non-hydrogen) atoms. The fourth-order valence-corrected chi connectivity index (χ4v) is 3.52. The summed E-state index contributed by atoms with van der Waals surface area (Å²) in [6.07, 6.45) is 3.78. The van der Waals surface area contributed by atoms with Gasteiger partial charge in [-0.1, -0.05) is 0 Å². The van der Waals surface area contributed by atoms with Crippen molar-refractivity contribution < 1.29 is 5.11 Å². The van der Waals surface area contributed by atoms with E-state index in [0.717, 1.165) is 22.9 Å². The first-order valence-corrected chi connectivity index (χ1v) is 7.74. The van der Waals surface area contributed by atoms with Crippen LogP contribution >= 0.6 is 11.3 Å². The highest BCUT2D eigenvalue weighted by molar-refractivity contribution is 7.13. The molecule has 0 aliphatic heterocycles. The zero-order valence-corrected chi connectivity index (χ0v) is 13.2. The van der Waals surface area contributed by atoms with E-state index < -0.39 is 0 Å². The van der Waals surface area contributed by atoms with Gasteiger partial charge in [-0.3, -0.25) is 9.25 Å². The zero-order chi connectivity index (χ0) is 15.0. The minimum absolute atomic E-state index is 0.0855. The van der Waals surface area contributed by atoms with Gasteiger partial charge >= 0.3 is 0 Å². The van der Waals surface area contributed by atoms with Gasteiger partial charge in [0.2, 0.25) is 0 Å². The van der Waals surface area contributed by atoms with Crippen LogP contribution in [0.5, 0.6) is 0 Å². The number of aliphatic hydroxyl groups is 1. The van der Waals surface area contributed by atoms with Gasteiger partial charge in [-0.25, -0.2) is 4.98 Å². The van der Waals surface area contributed by atoms with Crippen LogP contribution in [0.4, 0.5) is 0 Å². The number of thiophene rings is 1.